The molecule has 1 aliphatic heterocycles. The molecule has 1 N–H and O–H groups in total. The maximum absolute atomic E-state index is 5.64. The quantitative estimate of drug-likeness (QED) is 0.767. The van der Waals surface area contributed by atoms with Gasteiger partial charge in [-0.1, -0.05) is 29.8 Å². The predicted octanol–water partition coefficient (Wildman–Crippen LogP) is 2.84. The summed E-state index contributed by atoms with van der Waals surface area (Å²) in [5.41, 5.74) is 2.63. The van der Waals surface area contributed by atoms with Gasteiger partial charge < -0.3 is 14.8 Å². The molecule has 1 saturated heterocycles. The third-order valence-corrected chi connectivity index (χ3v) is 3.60. The molecule has 2 atom stereocenters. The Bertz CT molecular complexity index is 358. The van der Waals surface area contributed by atoms with Gasteiger partial charge in [0.2, 0.25) is 0 Å². The van der Waals surface area contributed by atoms with Crippen LogP contribution in [0.2, 0.25) is 0 Å². The fraction of sp³-hybridized carbons (Fsp3) is 0.625. The van der Waals surface area contributed by atoms with Crippen molar-refractivity contribution in [1.29, 1.82) is 0 Å². The summed E-state index contributed by atoms with van der Waals surface area (Å²) >= 11 is 0. The van der Waals surface area contributed by atoms with E-state index in [4.69, 9.17) is 9.47 Å². The Morgan fingerprint density at radius 3 is 2.84 bits per heavy atom. The molecule has 0 radical (unpaired) electrons. The van der Waals surface area contributed by atoms with Crippen molar-refractivity contribution in [2.45, 2.75) is 38.8 Å². The fourth-order valence-electron chi connectivity index (χ4n) is 2.31. The normalized spacial score (nSPS) is 20.6. The number of benzene rings is 1. The monoisotopic (exact) mass is 263 g/mol. The molecular weight excluding hydrogens is 238 g/mol. The van der Waals surface area contributed by atoms with Gasteiger partial charge in [0.1, 0.15) is 0 Å². The highest BCUT2D eigenvalue weighted by Gasteiger charge is 2.15. The minimum Gasteiger partial charge on any atom is -0.377 e. The van der Waals surface area contributed by atoms with Crippen molar-refractivity contribution in [3.05, 3.63) is 35.4 Å². The van der Waals surface area contributed by atoms with Crippen molar-refractivity contribution in [1.82, 2.24) is 5.32 Å². The van der Waals surface area contributed by atoms with E-state index in [0.717, 1.165) is 32.8 Å². The van der Waals surface area contributed by atoms with Gasteiger partial charge >= 0.3 is 0 Å². The van der Waals surface area contributed by atoms with Crippen molar-refractivity contribution in [3.8, 4) is 0 Å². The Morgan fingerprint density at radius 2 is 2.16 bits per heavy atom. The minimum atomic E-state index is 0.328. The molecule has 0 saturated carbocycles. The maximum atomic E-state index is 5.64. The van der Waals surface area contributed by atoms with Gasteiger partial charge in [0.25, 0.3) is 0 Å². The summed E-state index contributed by atoms with van der Waals surface area (Å²) in [5.74, 6) is 0. The zero-order valence-electron chi connectivity index (χ0n) is 12.0. The van der Waals surface area contributed by atoms with Crippen LogP contribution in [0.15, 0.2) is 24.3 Å². The number of nitrogens with one attached hydrogen (secondary N) is 1. The molecule has 0 aliphatic carbocycles. The van der Waals surface area contributed by atoms with Crippen LogP contribution in [0.4, 0.5) is 0 Å². The lowest BCUT2D eigenvalue weighted by atomic mass is 10.1. The molecule has 106 valence electrons. The Labute approximate surface area is 116 Å². The average molecular weight is 263 g/mol. The maximum Gasteiger partial charge on any atom is 0.0809 e. The van der Waals surface area contributed by atoms with Gasteiger partial charge in [-0.3, -0.25) is 0 Å². The smallest absolute Gasteiger partial charge is 0.0809 e. The van der Waals surface area contributed by atoms with Gasteiger partial charge in [-0.2, -0.15) is 0 Å². The lowest BCUT2D eigenvalue weighted by Gasteiger charge is -2.15. The Hall–Kier alpha value is -0.900. The van der Waals surface area contributed by atoms with Crippen LogP contribution in [-0.4, -0.2) is 32.5 Å². The summed E-state index contributed by atoms with van der Waals surface area (Å²) in [6.45, 7) is 7.56. The molecule has 1 aliphatic rings. The molecule has 3 heteroatoms. The average Bonchev–Trinajstić information content (AvgIpc) is 2.92. The zero-order chi connectivity index (χ0) is 13.5. The first kappa shape index (κ1) is 14.5. The van der Waals surface area contributed by atoms with E-state index in [2.05, 4.69) is 43.4 Å². The van der Waals surface area contributed by atoms with Crippen LogP contribution in [-0.2, 0) is 9.47 Å². The van der Waals surface area contributed by atoms with Gasteiger partial charge in [-0.15, -0.1) is 0 Å². The van der Waals surface area contributed by atoms with Gasteiger partial charge in [0, 0.05) is 19.2 Å². The third-order valence-electron chi connectivity index (χ3n) is 3.60. The lowest BCUT2D eigenvalue weighted by Crippen LogP contribution is -2.25. The van der Waals surface area contributed by atoms with Gasteiger partial charge in [-0.05, 0) is 32.3 Å². The number of rotatable bonds is 7. The van der Waals surface area contributed by atoms with Crippen LogP contribution in [0, 0.1) is 6.92 Å². The molecule has 0 spiro atoms. The summed E-state index contributed by atoms with van der Waals surface area (Å²) in [6, 6.07) is 9.04. The molecule has 0 amide bonds. The van der Waals surface area contributed by atoms with Crippen molar-refractivity contribution in [2.75, 3.05) is 26.4 Å². The van der Waals surface area contributed by atoms with Gasteiger partial charge in [0.15, 0.2) is 0 Å². The molecule has 2 rings (SSSR count). The second kappa shape index (κ2) is 7.63. The second-order valence-corrected chi connectivity index (χ2v) is 5.30. The van der Waals surface area contributed by atoms with Crippen LogP contribution in [0.25, 0.3) is 0 Å². The first-order valence-electron chi connectivity index (χ1n) is 7.25. The minimum absolute atomic E-state index is 0.328. The van der Waals surface area contributed by atoms with Crippen LogP contribution >= 0.6 is 0 Å². The van der Waals surface area contributed by atoms with Crippen molar-refractivity contribution < 1.29 is 9.47 Å². The lowest BCUT2D eigenvalue weighted by molar-refractivity contribution is 0.0179. The summed E-state index contributed by atoms with van der Waals surface area (Å²) in [4.78, 5) is 0. The third kappa shape index (κ3) is 4.94. The highest BCUT2D eigenvalue weighted by Crippen LogP contribution is 2.13. The van der Waals surface area contributed by atoms with Crippen molar-refractivity contribution in [2.24, 2.45) is 0 Å². The number of ether oxygens (including phenoxy) is 2. The molecule has 0 unspecified atom stereocenters. The molecule has 1 aromatic rings. The standard InChI is InChI=1S/C16H25NO2/c1-13-5-7-15(8-6-13)14(2)17-9-11-18-12-16-4-3-10-19-16/h5-8,14,16-17H,3-4,9-12H2,1-2H3/t14-,16-/m1/s1. The predicted molar refractivity (Wildman–Crippen MR) is 77.4 cm³/mol. The number of hydrogen-bond donors (Lipinski definition) is 1. The topological polar surface area (TPSA) is 30.5 Å². The molecule has 0 bridgehead atoms. The molecule has 1 fully saturated rings. The van der Waals surface area contributed by atoms with Crippen LogP contribution in [0.1, 0.15) is 36.9 Å². The van der Waals surface area contributed by atoms with Gasteiger partial charge in [-0.25, -0.2) is 0 Å². The van der Waals surface area contributed by atoms with E-state index in [-0.39, 0.29) is 0 Å². The van der Waals surface area contributed by atoms with Crippen LogP contribution in [0.5, 0.6) is 0 Å². The number of aryl methyl sites for hydroxylation is 1. The SMILES string of the molecule is Cc1ccc([C@@H](C)NCCOC[C@H]2CCCO2)cc1. The van der Waals surface area contributed by atoms with E-state index in [9.17, 15) is 0 Å². The first-order chi connectivity index (χ1) is 9.25. The van der Waals surface area contributed by atoms with E-state index in [1.807, 2.05) is 0 Å². The Kier molecular flexibility index (Phi) is 5.83. The Morgan fingerprint density at radius 1 is 1.37 bits per heavy atom. The highest BCUT2D eigenvalue weighted by molar-refractivity contribution is 5.23. The second-order valence-electron chi connectivity index (χ2n) is 5.30. The van der Waals surface area contributed by atoms with E-state index in [1.54, 1.807) is 0 Å². The van der Waals surface area contributed by atoms with Gasteiger partial charge in [0.05, 0.1) is 19.3 Å². The summed E-state index contributed by atoms with van der Waals surface area (Å²) < 4.78 is 11.2. The Balaban J connectivity index is 1.58. The van der Waals surface area contributed by atoms with E-state index in [1.165, 1.54) is 17.5 Å². The van der Waals surface area contributed by atoms with E-state index < -0.39 is 0 Å². The number of hydrogen-bond acceptors (Lipinski definition) is 3. The largest absolute Gasteiger partial charge is 0.377 e. The van der Waals surface area contributed by atoms with E-state index in [0.29, 0.717) is 12.1 Å². The zero-order valence-corrected chi connectivity index (χ0v) is 12.0. The highest BCUT2D eigenvalue weighted by atomic mass is 16.5. The van der Waals surface area contributed by atoms with Crippen LogP contribution < -0.4 is 5.32 Å². The van der Waals surface area contributed by atoms with Crippen molar-refractivity contribution >= 4 is 0 Å². The molecule has 1 heterocycles. The van der Waals surface area contributed by atoms with Crippen molar-refractivity contribution in [3.63, 3.8) is 0 Å². The van der Waals surface area contributed by atoms with Crippen LogP contribution in [0.3, 0.4) is 0 Å². The molecule has 19 heavy (non-hydrogen) atoms. The molecular formula is C16H25NO2. The summed E-state index contributed by atoms with van der Waals surface area (Å²) in [6.07, 6.45) is 2.65. The first-order valence-corrected chi connectivity index (χ1v) is 7.25. The fourth-order valence-corrected chi connectivity index (χ4v) is 2.31. The summed E-state index contributed by atoms with van der Waals surface area (Å²) in [5, 5.41) is 3.48. The summed E-state index contributed by atoms with van der Waals surface area (Å²) in [7, 11) is 0. The molecule has 0 aromatic heterocycles. The van der Waals surface area contributed by atoms with E-state index >= 15 is 0 Å². The molecule has 1 aromatic carbocycles. The molecule has 3 nitrogen and oxygen atoms in total.